The van der Waals surface area contributed by atoms with E-state index in [-0.39, 0.29) is 0 Å². The smallest absolute Gasteiger partial charge is 0.0246 e. The number of hydrogen-bond donors (Lipinski definition) is 2. The van der Waals surface area contributed by atoms with Crippen molar-refractivity contribution in [1.29, 1.82) is 0 Å². The molecule has 0 radical (unpaired) electrons. The molecule has 9 heavy (non-hydrogen) atoms. The van der Waals surface area contributed by atoms with Gasteiger partial charge in [-0.25, -0.2) is 0 Å². The normalized spacial score (nSPS) is 9.67. The van der Waals surface area contributed by atoms with Gasteiger partial charge in [0.05, 0.1) is 0 Å². The van der Waals surface area contributed by atoms with E-state index >= 15 is 0 Å². The maximum Gasteiger partial charge on any atom is 0.0246 e. The molecule has 0 aliphatic heterocycles. The van der Waals surface area contributed by atoms with Crippen molar-refractivity contribution in [2.24, 2.45) is 0 Å². The molecule has 0 aromatic heterocycles. The highest BCUT2D eigenvalue weighted by Crippen LogP contribution is 2.16. The molecule has 0 saturated carbocycles. The van der Waals surface area contributed by atoms with Gasteiger partial charge in [-0.15, -0.1) is 34.5 Å². The summed E-state index contributed by atoms with van der Waals surface area (Å²) in [6.07, 6.45) is 0. The van der Waals surface area contributed by atoms with Crippen molar-refractivity contribution in [3.05, 3.63) is 18.2 Å². The van der Waals surface area contributed by atoms with Gasteiger partial charge in [-0.2, -0.15) is 0 Å². The van der Waals surface area contributed by atoms with E-state index in [2.05, 4.69) is 34.5 Å². The fourth-order valence-corrected chi connectivity index (χ4v) is 1.30. The van der Waals surface area contributed by atoms with Gasteiger partial charge in [0.2, 0.25) is 0 Å². The molecule has 1 aromatic carbocycles. The Morgan fingerprint density at radius 1 is 1.22 bits per heavy atom. The first kappa shape index (κ1) is 7.46. The number of thiol groups is 2. The summed E-state index contributed by atoms with van der Waals surface area (Å²) in [5.74, 6) is 0. The van der Waals surface area contributed by atoms with E-state index in [1.165, 1.54) is 0 Å². The van der Waals surface area contributed by atoms with Crippen LogP contribution in [-0.4, -0.2) is 0 Å². The van der Waals surface area contributed by atoms with Gasteiger partial charge in [-0.1, -0.05) is 12.1 Å². The molecule has 3 heteroatoms. The molecule has 1 atom stereocenters. The highest BCUT2D eigenvalue weighted by atomic mass is 32.1. The molecule has 1 unspecified atom stereocenters. The van der Waals surface area contributed by atoms with Gasteiger partial charge in [0.25, 0.3) is 0 Å². The Morgan fingerprint density at radius 2 is 1.89 bits per heavy atom. The fourth-order valence-electron chi connectivity index (χ4n) is 0.549. The Bertz CT molecular complexity index is 202. The molecule has 1 aromatic rings. The van der Waals surface area contributed by atoms with Crippen LogP contribution in [0.4, 0.5) is 0 Å². The summed E-state index contributed by atoms with van der Waals surface area (Å²) in [7, 11) is 2.60. The predicted octanol–water partition coefficient (Wildman–Crippen LogP) is 1.76. The van der Waals surface area contributed by atoms with Crippen molar-refractivity contribution < 1.29 is 0 Å². The summed E-state index contributed by atoms with van der Waals surface area (Å²) < 4.78 is 0. The molecule has 0 nitrogen and oxygen atoms in total. The first-order valence-corrected chi connectivity index (χ1v) is 3.95. The predicted molar refractivity (Wildman–Crippen MR) is 50.3 cm³/mol. The van der Waals surface area contributed by atoms with Crippen molar-refractivity contribution in [1.82, 2.24) is 0 Å². The second kappa shape index (κ2) is 2.96. The van der Waals surface area contributed by atoms with Gasteiger partial charge in [-0.3, -0.25) is 0 Å². The van der Waals surface area contributed by atoms with Crippen LogP contribution in [0.3, 0.4) is 0 Å². The van der Waals surface area contributed by atoms with Crippen LogP contribution < -0.4 is 5.30 Å². The van der Waals surface area contributed by atoms with E-state index in [9.17, 15) is 0 Å². The molecule has 0 amide bonds. The average molecular weight is 174 g/mol. The van der Waals surface area contributed by atoms with E-state index in [0.717, 1.165) is 15.1 Å². The largest absolute Gasteiger partial charge is 0.142 e. The van der Waals surface area contributed by atoms with Gasteiger partial charge >= 0.3 is 0 Å². The summed E-state index contributed by atoms with van der Waals surface area (Å²) >= 11 is 8.39. The van der Waals surface area contributed by atoms with Crippen LogP contribution in [0.1, 0.15) is 0 Å². The third-order valence-electron chi connectivity index (χ3n) is 1.05. The first-order chi connectivity index (χ1) is 4.22. The summed E-state index contributed by atoms with van der Waals surface area (Å²) in [4.78, 5) is 1.86. The second-order valence-corrected chi connectivity index (χ2v) is 3.27. The van der Waals surface area contributed by atoms with Crippen LogP contribution in [0.25, 0.3) is 0 Å². The lowest BCUT2D eigenvalue weighted by molar-refractivity contribution is 1.31. The summed E-state index contributed by atoms with van der Waals surface area (Å²) in [6.45, 7) is 0. The lowest BCUT2D eigenvalue weighted by atomic mass is 10.4. The third kappa shape index (κ3) is 1.64. The van der Waals surface area contributed by atoms with E-state index in [4.69, 9.17) is 0 Å². The van der Waals surface area contributed by atoms with E-state index in [0.29, 0.717) is 0 Å². The molecule has 0 bridgehead atoms. The lowest BCUT2D eigenvalue weighted by Gasteiger charge is -1.98. The third-order valence-corrected chi connectivity index (χ3v) is 2.82. The van der Waals surface area contributed by atoms with Crippen LogP contribution >= 0.6 is 34.5 Å². The fraction of sp³-hybridized carbons (Fsp3) is 0. The molecule has 0 aliphatic carbocycles. The maximum atomic E-state index is 4.21. The number of rotatable bonds is 0. The molecular formula is C6H7PS2. The molecule has 0 aliphatic rings. The molecule has 1 rings (SSSR count). The zero-order chi connectivity index (χ0) is 6.85. The molecule has 0 spiro atoms. The van der Waals surface area contributed by atoms with Crippen molar-refractivity contribution in [2.75, 3.05) is 0 Å². The monoisotopic (exact) mass is 174 g/mol. The van der Waals surface area contributed by atoms with Crippen LogP contribution in [0, 0.1) is 0 Å². The molecule has 0 saturated heterocycles. The van der Waals surface area contributed by atoms with E-state index in [1.807, 2.05) is 18.2 Å². The Morgan fingerprint density at radius 3 is 2.33 bits per heavy atom. The van der Waals surface area contributed by atoms with Crippen molar-refractivity contribution >= 4 is 39.8 Å². The van der Waals surface area contributed by atoms with Gasteiger partial charge < -0.3 is 0 Å². The van der Waals surface area contributed by atoms with Crippen LogP contribution in [0.5, 0.6) is 0 Å². The van der Waals surface area contributed by atoms with Crippen molar-refractivity contribution in [2.45, 2.75) is 9.79 Å². The topological polar surface area (TPSA) is 0 Å². The Labute approximate surface area is 68.1 Å². The summed E-state index contributed by atoms with van der Waals surface area (Å²) in [5, 5.41) is 1.09. The van der Waals surface area contributed by atoms with Crippen molar-refractivity contribution in [3.63, 3.8) is 0 Å². The number of hydrogen-bond acceptors (Lipinski definition) is 2. The minimum absolute atomic E-state index is 0.922. The van der Waals surface area contributed by atoms with Crippen LogP contribution in [0.15, 0.2) is 28.0 Å². The second-order valence-electron chi connectivity index (χ2n) is 1.71. The highest BCUT2D eigenvalue weighted by molar-refractivity contribution is 7.83. The zero-order valence-electron chi connectivity index (χ0n) is 4.70. The molecule has 0 heterocycles. The van der Waals surface area contributed by atoms with Gasteiger partial charge in [0.1, 0.15) is 0 Å². The van der Waals surface area contributed by atoms with Crippen LogP contribution in [0.2, 0.25) is 0 Å². The summed E-state index contributed by atoms with van der Waals surface area (Å²) in [5.41, 5.74) is 0. The van der Waals surface area contributed by atoms with E-state index in [1.54, 1.807) is 0 Å². The molecular weight excluding hydrogens is 167 g/mol. The molecule has 48 valence electrons. The maximum absolute atomic E-state index is 4.21. The molecule has 0 fully saturated rings. The Kier molecular flexibility index (Phi) is 2.45. The SMILES string of the molecule is Pc1cccc(S)c1S. The van der Waals surface area contributed by atoms with Crippen molar-refractivity contribution in [3.8, 4) is 0 Å². The lowest BCUT2D eigenvalue weighted by Crippen LogP contribution is -1.91. The van der Waals surface area contributed by atoms with Crippen LogP contribution in [-0.2, 0) is 0 Å². The average Bonchev–Trinajstić information content (AvgIpc) is 1.83. The summed E-state index contributed by atoms with van der Waals surface area (Å²) in [6, 6.07) is 5.84. The Balaban J connectivity index is 3.25. The number of benzene rings is 1. The quantitative estimate of drug-likeness (QED) is 0.434. The van der Waals surface area contributed by atoms with Gasteiger partial charge in [0, 0.05) is 9.79 Å². The van der Waals surface area contributed by atoms with E-state index < -0.39 is 0 Å². The van der Waals surface area contributed by atoms with Gasteiger partial charge in [0.15, 0.2) is 0 Å². The molecule has 0 N–H and O–H groups in total. The zero-order valence-corrected chi connectivity index (χ0v) is 7.65. The van der Waals surface area contributed by atoms with Gasteiger partial charge in [-0.05, 0) is 11.4 Å². The minimum Gasteiger partial charge on any atom is -0.142 e. The standard InChI is InChI=1S/C6H7PS2/c7-4-2-1-3-5(8)6(4)9/h1-3,8-9H,7H2. The Hall–Kier alpha value is 0.350. The minimum atomic E-state index is 0.922. The first-order valence-electron chi connectivity index (χ1n) is 2.48. The highest BCUT2D eigenvalue weighted by Gasteiger charge is 1.94.